The number of carbonyl (C=O) groups is 2. The van der Waals surface area contributed by atoms with E-state index < -0.39 is 0 Å². The smallest absolute Gasteiger partial charge is 0.242 e. The summed E-state index contributed by atoms with van der Waals surface area (Å²) in [5.74, 6) is 0.125. The van der Waals surface area contributed by atoms with Crippen molar-refractivity contribution in [3.63, 3.8) is 0 Å². The van der Waals surface area contributed by atoms with Gasteiger partial charge in [0.25, 0.3) is 0 Å². The number of piperazine rings is 1. The Kier molecular flexibility index (Phi) is 8.49. The Morgan fingerprint density at radius 2 is 1.68 bits per heavy atom. The predicted molar refractivity (Wildman–Crippen MR) is 116 cm³/mol. The number of amides is 2. The first-order valence-corrected chi connectivity index (χ1v) is 10.9. The molecule has 1 saturated carbocycles. The van der Waals surface area contributed by atoms with E-state index in [0.29, 0.717) is 37.3 Å². The lowest BCUT2D eigenvalue weighted by Crippen LogP contribution is -2.54. The molecule has 0 aromatic rings. The maximum Gasteiger partial charge on any atom is 0.242 e. The number of rotatable bonds is 5. The van der Waals surface area contributed by atoms with Crippen molar-refractivity contribution >= 4 is 29.1 Å². The average molecular weight is 412 g/mol. The van der Waals surface area contributed by atoms with Crippen LogP contribution in [0.25, 0.3) is 0 Å². The third kappa shape index (κ3) is 7.91. The van der Waals surface area contributed by atoms with Gasteiger partial charge in [-0.15, -0.1) is 0 Å². The highest BCUT2D eigenvalue weighted by molar-refractivity contribution is 7.80. The van der Waals surface area contributed by atoms with Crippen molar-refractivity contribution in [3.8, 4) is 0 Å². The van der Waals surface area contributed by atoms with E-state index in [9.17, 15) is 9.59 Å². The Labute approximate surface area is 175 Å². The quantitative estimate of drug-likeness (QED) is 0.663. The topological polar surface area (TPSA) is 67.9 Å². The molecule has 0 aromatic carbocycles. The summed E-state index contributed by atoms with van der Waals surface area (Å²) in [5, 5.41) is 7.06. The Bertz CT molecular complexity index is 549. The van der Waals surface area contributed by atoms with E-state index >= 15 is 0 Å². The van der Waals surface area contributed by atoms with Gasteiger partial charge in [-0.3, -0.25) is 14.5 Å². The van der Waals surface area contributed by atoms with Gasteiger partial charge >= 0.3 is 0 Å². The molecule has 2 amide bonds. The van der Waals surface area contributed by atoms with Gasteiger partial charge in [-0.1, -0.05) is 19.3 Å². The Morgan fingerprint density at radius 3 is 2.25 bits per heavy atom. The minimum Gasteiger partial charge on any atom is -0.360 e. The number of thiocarbonyl (C=S) groups is 1. The zero-order chi connectivity index (χ0) is 20.7. The number of hydrogen-bond acceptors (Lipinski definition) is 4. The van der Waals surface area contributed by atoms with Gasteiger partial charge in [0.2, 0.25) is 11.8 Å². The fraction of sp³-hybridized carbons (Fsp3) is 0.850. The molecule has 1 aliphatic heterocycles. The van der Waals surface area contributed by atoms with Crippen LogP contribution >= 0.6 is 12.2 Å². The third-order valence-corrected chi connectivity index (χ3v) is 5.69. The normalized spacial score (nSPS) is 19.2. The minimum absolute atomic E-state index is 0.0335. The van der Waals surface area contributed by atoms with E-state index in [-0.39, 0.29) is 17.4 Å². The van der Waals surface area contributed by atoms with Gasteiger partial charge in [-0.05, 0) is 45.8 Å². The molecule has 0 radical (unpaired) electrons. The van der Waals surface area contributed by atoms with Crippen LogP contribution in [0.3, 0.4) is 0 Å². The summed E-state index contributed by atoms with van der Waals surface area (Å²) in [6.07, 6.45) is 6.13. The molecule has 1 aliphatic carbocycles. The van der Waals surface area contributed by atoms with Crippen LogP contribution in [0.4, 0.5) is 0 Å². The maximum atomic E-state index is 12.6. The van der Waals surface area contributed by atoms with E-state index in [4.69, 9.17) is 12.2 Å². The van der Waals surface area contributed by atoms with Gasteiger partial charge < -0.3 is 20.4 Å². The number of nitrogens with zero attached hydrogens (tertiary/aromatic N) is 3. The lowest BCUT2D eigenvalue weighted by Gasteiger charge is -2.36. The first-order chi connectivity index (χ1) is 13.1. The van der Waals surface area contributed by atoms with Crippen LogP contribution in [0, 0.1) is 0 Å². The van der Waals surface area contributed by atoms with Crippen molar-refractivity contribution in [2.24, 2.45) is 0 Å². The molecule has 2 N–H and O–H groups in total. The average Bonchev–Trinajstić information content (AvgIpc) is 2.61. The molecule has 0 unspecified atom stereocenters. The van der Waals surface area contributed by atoms with Crippen molar-refractivity contribution in [1.29, 1.82) is 0 Å². The van der Waals surface area contributed by atoms with Gasteiger partial charge in [-0.2, -0.15) is 0 Å². The second-order valence-electron chi connectivity index (χ2n) is 9.10. The van der Waals surface area contributed by atoms with E-state index in [1.165, 1.54) is 19.3 Å². The third-order valence-electron chi connectivity index (χ3n) is 5.26. The summed E-state index contributed by atoms with van der Waals surface area (Å²) in [5.41, 5.74) is -0.219. The van der Waals surface area contributed by atoms with Crippen LogP contribution < -0.4 is 10.6 Å². The second kappa shape index (κ2) is 10.4. The van der Waals surface area contributed by atoms with Crippen molar-refractivity contribution < 1.29 is 9.59 Å². The van der Waals surface area contributed by atoms with Gasteiger partial charge in [0.05, 0.1) is 13.1 Å². The van der Waals surface area contributed by atoms with E-state index in [1.54, 1.807) is 0 Å². The summed E-state index contributed by atoms with van der Waals surface area (Å²) in [6, 6.07) is 0.446. The molecule has 7 nitrogen and oxygen atoms in total. The number of nitrogens with one attached hydrogen (secondary N) is 2. The summed E-state index contributed by atoms with van der Waals surface area (Å²) >= 11 is 5.48. The zero-order valence-corrected chi connectivity index (χ0v) is 18.7. The Morgan fingerprint density at radius 1 is 1.07 bits per heavy atom. The second-order valence-corrected chi connectivity index (χ2v) is 9.48. The molecule has 0 aromatic heterocycles. The van der Waals surface area contributed by atoms with Gasteiger partial charge in [0, 0.05) is 44.8 Å². The van der Waals surface area contributed by atoms with Crippen LogP contribution in [-0.2, 0) is 9.59 Å². The molecule has 160 valence electrons. The van der Waals surface area contributed by atoms with Crippen molar-refractivity contribution in [2.45, 2.75) is 64.5 Å². The first-order valence-electron chi connectivity index (χ1n) is 10.5. The predicted octanol–water partition coefficient (Wildman–Crippen LogP) is 1.18. The number of carbonyl (C=O) groups excluding carboxylic acids is 2. The molecule has 2 rings (SSSR count). The molecular formula is C20H37N5O2S. The lowest BCUT2D eigenvalue weighted by molar-refractivity contribution is -0.133. The largest absolute Gasteiger partial charge is 0.360 e. The van der Waals surface area contributed by atoms with E-state index in [0.717, 1.165) is 25.9 Å². The molecule has 1 heterocycles. The van der Waals surface area contributed by atoms with Crippen LogP contribution in [0.2, 0.25) is 0 Å². The fourth-order valence-electron chi connectivity index (χ4n) is 3.72. The maximum absolute atomic E-state index is 12.6. The fourth-order valence-corrected chi connectivity index (χ4v) is 3.95. The van der Waals surface area contributed by atoms with Crippen molar-refractivity contribution in [1.82, 2.24) is 25.3 Å². The molecule has 2 fully saturated rings. The molecule has 0 spiro atoms. The van der Waals surface area contributed by atoms with Gasteiger partial charge in [0.1, 0.15) is 0 Å². The molecular weight excluding hydrogens is 374 g/mol. The SMILES string of the molecule is CN(CC(=O)N1CCN(CC(=O)NC(C)(C)C)CC1)C(=S)NC1CCCCC1. The van der Waals surface area contributed by atoms with E-state index in [1.807, 2.05) is 37.6 Å². The summed E-state index contributed by atoms with van der Waals surface area (Å²) in [4.78, 5) is 30.5. The summed E-state index contributed by atoms with van der Waals surface area (Å²) in [7, 11) is 1.88. The number of hydrogen-bond donors (Lipinski definition) is 2. The van der Waals surface area contributed by atoms with Crippen LogP contribution in [0.1, 0.15) is 52.9 Å². The molecule has 1 saturated heterocycles. The van der Waals surface area contributed by atoms with Crippen LogP contribution in [-0.4, -0.2) is 89.5 Å². The van der Waals surface area contributed by atoms with Crippen LogP contribution in [0.15, 0.2) is 0 Å². The highest BCUT2D eigenvalue weighted by atomic mass is 32.1. The lowest BCUT2D eigenvalue weighted by atomic mass is 9.96. The molecule has 0 atom stereocenters. The Balaban J connectivity index is 1.69. The van der Waals surface area contributed by atoms with Gasteiger partial charge in [-0.25, -0.2) is 0 Å². The molecule has 8 heteroatoms. The molecule has 28 heavy (non-hydrogen) atoms. The molecule has 2 aliphatic rings. The van der Waals surface area contributed by atoms with E-state index in [2.05, 4.69) is 15.5 Å². The molecule has 0 bridgehead atoms. The Hall–Kier alpha value is -1.41. The highest BCUT2D eigenvalue weighted by Gasteiger charge is 2.25. The minimum atomic E-state index is -0.219. The summed E-state index contributed by atoms with van der Waals surface area (Å²) < 4.78 is 0. The van der Waals surface area contributed by atoms with Crippen molar-refractivity contribution in [2.75, 3.05) is 46.3 Å². The van der Waals surface area contributed by atoms with Gasteiger partial charge in [0.15, 0.2) is 5.11 Å². The van der Waals surface area contributed by atoms with Crippen molar-refractivity contribution in [3.05, 3.63) is 0 Å². The number of likely N-dealkylation sites (N-methyl/N-ethyl adjacent to an activating group) is 1. The zero-order valence-electron chi connectivity index (χ0n) is 17.9. The highest BCUT2D eigenvalue weighted by Crippen LogP contribution is 2.17. The standard InChI is InChI=1S/C20H37N5O2S/c1-20(2,3)22-17(26)14-24-10-12-25(13-11-24)18(27)15-23(4)19(28)21-16-8-6-5-7-9-16/h16H,5-15H2,1-4H3,(H,21,28)(H,22,26). The summed E-state index contributed by atoms with van der Waals surface area (Å²) in [6.45, 7) is 9.35. The van der Waals surface area contributed by atoms with Crippen LogP contribution in [0.5, 0.6) is 0 Å². The first kappa shape index (κ1) is 22.9. The monoisotopic (exact) mass is 411 g/mol.